The Morgan fingerprint density at radius 3 is 3.11 bits per heavy atom. The van der Waals surface area contributed by atoms with Crippen LogP contribution in [0.2, 0.25) is 0 Å². The molecule has 0 radical (unpaired) electrons. The summed E-state index contributed by atoms with van der Waals surface area (Å²) in [6.07, 6.45) is 4.26. The number of aromatic amines is 1. The van der Waals surface area contributed by atoms with Crippen LogP contribution in [0.3, 0.4) is 0 Å². The number of aromatic nitrogens is 3. The molecular weight excluding hydrogens is 344 g/mol. The molecule has 0 aliphatic carbocycles. The second-order valence-corrected chi connectivity index (χ2v) is 7.00. The number of amides is 1. The molecule has 27 heavy (non-hydrogen) atoms. The number of rotatable bonds is 4. The normalized spacial score (nSPS) is 21.1. The molecule has 2 aliphatic rings. The number of hydrogen-bond acceptors (Lipinski definition) is 6. The molecule has 2 aliphatic heterocycles. The van der Waals surface area contributed by atoms with Gasteiger partial charge in [-0.3, -0.25) is 4.79 Å². The maximum absolute atomic E-state index is 12.4. The van der Waals surface area contributed by atoms with E-state index in [0.717, 1.165) is 11.9 Å². The van der Waals surface area contributed by atoms with E-state index in [1.54, 1.807) is 0 Å². The Hall–Kier alpha value is -3.13. The lowest BCUT2D eigenvalue weighted by atomic mass is 10.1. The van der Waals surface area contributed by atoms with Gasteiger partial charge in [0, 0.05) is 36.6 Å². The quantitative estimate of drug-likeness (QED) is 0.559. The maximum Gasteiger partial charge on any atom is 0.247 e. The summed E-state index contributed by atoms with van der Waals surface area (Å²) in [4.78, 5) is 26.2. The van der Waals surface area contributed by atoms with Crippen molar-refractivity contribution in [3.8, 4) is 0 Å². The van der Waals surface area contributed by atoms with Crippen LogP contribution in [0, 0.1) is 0 Å². The van der Waals surface area contributed by atoms with Crippen LogP contribution in [0.5, 0.6) is 0 Å². The van der Waals surface area contributed by atoms with Gasteiger partial charge in [-0.15, -0.1) is 0 Å². The van der Waals surface area contributed by atoms with Crippen molar-refractivity contribution in [3.63, 3.8) is 0 Å². The van der Waals surface area contributed by atoms with Gasteiger partial charge in [-0.25, -0.2) is 9.97 Å². The first-order chi connectivity index (χ1) is 13.2. The van der Waals surface area contributed by atoms with Gasteiger partial charge < -0.3 is 25.6 Å². The van der Waals surface area contributed by atoms with Crippen molar-refractivity contribution < 1.29 is 9.90 Å². The fourth-order valence-corrected chi connectivity index (χ4v) is 4.00. The van der Waals surface area contributed by atoms with E-state index in [9.17, 15) is 9.90 Å². The molecule has 2 atom stereocenters. The number of carbonyl (C=O) groups excluding carboxylic acids is 1. The molecule has 4 heterocycles. The number of para-hydroxylation sites is 1. The third-order valence-electron chi connectivity index (χ3n) is 5.29. The summed E-state index contributed by atoms with van der Waals surface area (Å²) >= 11 is 0. The maximum atomic E-state index is 12.4. The summed E-state index contributed by atoms with van der Waals surface area (Å²) in [6, 6.07) is 7.85. The average Bonchev–Trinajstić information content (AvgIpc) is 3.26. The Kier molecular flexibility index (Phi) is 3.71. The molecule has 1 saturated heterocycles. The number of benzene rings is 1. The lowest BCUT2D eigenvalue weighted by Crippen LogP contribution is -2.44. The number of fused-ring (bicyclic) bond motifs is 4. The summed E-state index contributed by atoms with van der Waals surface area (Å²) in [6.45, 7) is 1.09. The van der Waals surface area contributed by atoms with Crippen LogP contribution in [0.25, 0.3) is 10.9 Å². The van der Waals surface area contributed by atoms with Gasteiger partial charge >= 0.3 is 0 Å². The van der Waals surface area contributed by atoms with Gasteiger partial charge in [-0.05, 0) is 18.1 Å². The van der Waals surface area contributed by atoms with Crippen LogP contribution in [0.4, 0.5) is 17.3 Å². The van der Waals surface area contributed by atoms with Crippen LogP contribution in [0.1, 0.15) is 12.0 Å². The monoisotopic (exact) mass is 364 g/mol. The molecule has 0 spiro atoms. The van der Waals surface area contributed by atoms with Crippen molar-refractivity contribution in [1.29, 1.82) is 0 Å². The Labute approximate surface area is 155 Å². The van der Waals surface area contributed by atoms with E-state index in [4.69, 9.17) is 0 Å². The molecule has 1 aromatic carbocycles. The molecular formula is C19H20N6O2. The summed E-state index contributed by atoms with van der Waals surface area (Å²) < 4.78 is 0. The second kappa shape index (κ2) is 6.24. The predicted molar refractivity (Wildman–Crippen MR) is 103 cm³/mol. The van der Waals surface area contributed by atoms with Gasteiger partial charge in [0.05, 0.1) is 6.10 Å². The molecule has 5 rings (SSSR count). The van der Waals surface area contributed by atoms with E-state index in [-0.39, 0.29) is 11.9 Å². The Balaban J connectivity index is 1.35. The predicted octanol–water partition coefficient (Wildman–Crippen LogP) is 1.50. The van der Waals surface area contributed by atoms with Crippen LogP contribution < -0.4 is 15.5 Å². The van der Waals surface area contributed by atoms with E-state index < -0.39 is 6.10 Å². The fourth-order valence-electron chi connectivity index (χ4n) is 4.00. The SMILES string of the molecule is O=C1Nc2c(NCCc3c[nH]c4ccccc34)ncnc2N2C[C@H](O)CC12. The van der Waals surface area contributed by atoms with Crippen molar-refractivity contribution >= 4 is 34.1 Å². The van der Waals surface area contributed by atoms with Crippen molar-refractivity contribution in [1.82, 2.24) is 15.0 Å². The van der Waals surface area contributed by atoms with Gasteiger partial charge in [0.1, 0.15) is 18.1 Å². The number of H-pyrrole nitrogens is 1. The van der Waals surface area contributed by atoms with Crippen LogP contribution in [0.15, 0.2) is 36.8 Å². The summed E-state index contributed by atoms with van der Waals surface area (Å²) in [5.74, 6) is 1.15. The number of carbonyl (C=O) groups is 1. The summed E-state index contributed by atoms with van der Waals surface area (Å²) in [5.41, 5.74) is 2.94. The second-order valence-electron chi connectivity index (χ2n) is 7.00. The van der Waals surface area contributed by atoms with Crippen molar-refractivity contribution in [3.05, 3.63) is 42.4 Å². The number of nitrogens with zero attached hydrogens (tertiary/aromatic N) is 3. The molecule has 8 heteroatoms. The van der Waals surface area contributed by atoms with Gasteiger partial charge in [-0.1, -0.05) is 18.2 Å². The van der Waals surface area contributed by atoms with Gasteiger partial charge in [0.25, 0.3) is 0 Å². The zero-order valence-electron chi connectivity index (χ0n) is 14.6. The van der Waals surface area contributed by atoms with Crippen LogP contribution in [-0.4, -0.2) is 51.2 Å². The highest BCUT2D eigenvalue weighted by Crippen LogP contribution is 2.38. The lowest BCUT2D eigenvalue weighted by Gasteiger charge is -2.32. The molecule has 1 fully saturated rings. The molecule has 0 saturated carbocycles. The minimum Gasteiger partial charge on any atom is -0.391 e. The van der Waals surface area contributed by atoms with Gasteiger partial charge in [0.15, 0.2) is 11.6 Å². The molecule has 138 valence electrons. The topological polar surface area (TPSA) is 106 Å². The zero-order chi connectivity index (χ0) is 18.4. The van der Waals surface area contributed by atoms with E-state index in [1.165, 1.54) is 17.3 Å². The largest absolute Gasteiger partial charge is 0.391 e. The van der Waals surface area contributed by atoms with Crippen molar-refractivity contribution in [2.75, 3.05) is 28.6 Å². The van der Waals surface area contributed by atoms with Crippen molar-refractivity contribution in [2.24, 2.45) is 0 Å². The number of anilines is 3. The van der Waals surface area contributed by atoms with E-state index in [1.807, 2.05) is 23.2 Å². The third kappa shape index (κ3) is 2.69. The number of hydrogen-bond donors (Lipinski definition) is 4. The first-order valence-corrected chi connectivity index (χ1v) is 9.10. The molecule has 0 bridgehead atoms. The van der Waals surface area contributed by atoms with Crippen LogP contribution >= 0.6 is 0 Å². The van der Waals surface area contributed by atoms with E-state index >= 15 is 0 Å². The summed E-state index contributed by atoms with van der Waals surface area (Å²) in [7, 11) is 0. The smallest absolute Gasteiger partial charge is 0.247 e. The van der Waals surface area contributed by atoms with Gasteiger partial charge in [-0.2, -0.15) is 0 Å². The Morgan fingerprint density at radius 2 is 2.19 bits per heavy atom. The van der Waals surface area contributed by atoms with Crippen LogP contribution in [-0.2, 0) is 11.2 Å². The fraction of sp³-hybridized carbons (Fsp3) is 0.316. The highest BCUT2D eigenvalue weighted by Gasteiger charge is 2.42. The average molecular weight is 364 g/mol. The number of nitrogens with one attached hydrogen (secondary N) is 3. The van der Waals surface area contributed by atoms with E-state index in [2.05, 4.69) is 37.7 Å². The Bertz CT molecular complexity index is 1020. The number of aliphatic hydroxyl groups excluding tert-OH is 1. The highest BCUT2D eigenvalue weighted by atomic mass is 16.3. The van der Waals surface area contributed by atoms with E-state index in [0.29, 0.717) is 36.8 Å². The standard InChI is InChI=1S/C19H20N6O2/c26-12-7-15-19(27)24-16-17(22-10-23-18(16)25(15)9-12)20-6-5-11-8-21-14-4-2-1-3-13(11)14/h1-4,8,10,12,15,21,26H,5-7,9H2,(H,24,27)(H,20,22,23)/t12-,15?/m1/s1. The zero-order valence-corrected chi connectivity index (χ0v) is 14.6. The minimum atomic E-state index is -0.514. The molecule has 1 unspecified atom stereocenters. The minimum absolute atomic E-state index is 0.117. The Morgan fingerprint density at radius 1 is 1.30 bits per heavy atom. The first-order valence-electron chi connectivity index (χ1n) is 9.10. The molecule has 1 amide bonds. The van der Waals surface area contributed by atoms with Crippen molar-refractivity contribution in [2.45, 2.75) is 25.0 Å². The lowest BCUT2D eigenvalue weighted by molar-refractivity contribution is -0.117. The molecule has 8 nitrogen and oxygen atoms in total. The molecule has 4 N–H and O–H groups in total. The highest BCUT2D eigenvalue weighted by molar-refractivity contribution is 6.05. The molecule has 2 aromatic heterocycles. The third-order valence-corrected chi connectivity index (χ3v) is 5.29. The first kappa shape index (κ1) is 16.1. The van der Waals surface area contributed by atoms with Gasteiger partial charge in [0.2, 0.25) is 5.91 Å². The number of aliphatic hydroxyl groups is 1. The molecule has 3 aromatic rings. The summed E-state index contributed by atoms with van der Waals surface area (Å²) in [5, 5.41) is 17.4.